The molecule has 1 amide bonds. The molecule has 1 unspecified atom stereocenters. The van der Waals surface area contributed by atoms with E-state index in [9.17, 15) is 27.6 Å². The monoisotopic (exact) mass is 253 g/mol. The number of hydrogen-bond donors (Lipinski definition) is 0. The van der Waals surface area contributed by atoms with E-state index in [0.717, 1.165) is 0 Å². The van der Waals surface area contributed by atoms with Crippen LogP contribution in [-0.4, -0.2) is 48.4 Å². The lowest BCUT2D eigenvalue weighted by atomic mass is 10.1. The maximum Gasteiger partial charge on any atom is 0.471 e. The van der Waals surface area contributed by atoms with E-state index in [-0.39, 0.29) is 6.61 Å². The lowest BCUT2D eigenvalue weighted by molar-refractivity contribution is -0.184. The Labute approximate surface area is 94.5 Å². The summed E-state index contributed by atoms with van der Waals surface area (Å²) in [4.78, 5) is 33.6. The van der Waals surface area contributed by atoms with E-state index in [1.807, 2.05) is 0 Å². The van der Waals surface area contributed by atoms with Crippen molar-refractivity contribution in [2.45, 2.75) is 13.1 Å². The average Bonchev–Trinajstić information content (AvgIpc) is 2.58. The number of likely N-dealkylation sites (tertiary alicyclic amines) is 1. The fourth-order valence-electron chi connectivity index (χ4n) is 1.47. The second-order valence-corrected chi connectivity index (χ2v) is 3.45. The van der Waals surface area contributed by atoms with Crippen molar-refractivity contribution >= 4 is 17.7 Å². The van der Waals surface area contributed by atoms with Crippen LogP contribution in [0.15, 0.2) is 0 Å². The number of rotatable bonds is 2. The highest BCUT2D eigenvalue weighted by atomic mass is 19.4. The molecule has 0 aliphatic carbocycles. The van der Waals surface area contributed by atoms with Gasteiger partial charge in [-0.2, -0.15) is 13.2 Å². The summed E-state index contributed by atoms with van der Waals surface area (Å²) in [7, 11) is 0. The summed E-state index contributed by atoms with van der Waals surface area (Å²) in [6, 6.07) is 0. The highest BCUT2D eigenvalue weighted by Crippen LogP contribution is 2.23. The molecule has 0 aromatic rings. The van der Waals surface area contributed by atoms with Crippen molar-refractivity contribution in [3.8, 4) is 0 Å². The zero-order chi connectivity index (χ0) is 13.2. The van der Waals surface area contributed by atoms with Crippen LogP contribution in [0.3, 0.4) is 0 Å². The molecule has 0 radical (unpaired) electrons. The summed E-state index contributed by atoms with van der Waals surface area (Å²) in [5.41, 5.74) is 0. The predicted octanol–water partition coefficient (Wildman–Crippen LogP) is 0.139. The van der Waals surface area contributed by atoms with Gasteiger partial charge in [-0.1, -0.05) is 0 Å². The first-order valence-electron chi connectivity index (χ1n) is 4.82. The Balaban J connectivity index is 2.70. The summed E-state index contributed by atoms with van der Waals surface area (Å²) < 4.78 is 40.8. The zero-order valence-electron chi connectivity index (χ0n) is 8.91. The van der Waals surface area contributed by atoms with Crippen molar-refractivity contribution in [3.63, 3.8) is 0 Å². The number of ketones is 1. The number of halogens is 3. The Morgan fingerprint density at radius 3 is 2.53 bits per heavy atom. The molecule has 5 nitrogen and oxygen atoms in total. The van der Waals surface area contributed by atoms with Gasteiger partial charge in [0.2, 0.25) is 0 Å². The van der Waals surface area contributed by atoms with Crippen molar-refractivity contribution in [1.29, 1.82) is 0 Å². The summed E-state index contributed by atoms with van der Waals surface area (Å²) >= 11 is 0. The Morgan fingerprint density at radius 1 is 1.47 bits per heavy atom. The number of alkyl halides is 3. The topological polar surface area (TPSA) is 63.7 Å². The molecule has 96 valence electrons. The minimum atomic E-state index is -5.04. The van der Waals surface area contributed by atoms with E-state index in [0.29, 0.717) is 4.90 Å². The van der Waals surface area contributed by atoms with Crippen LogP contribution in [0, 0.1) is 5.92 Å². The van der Waals surface area contributed by atoms with Gasteiger partial charge in [-0.3, -0.25) is 14.4 Å². The van der Waals surface area contributed by atoms with Crippen LogP contribution in [0.1, 0.15) is 6.92 Å². The van der Waals surface area contributed by atoms with E-state index in [4.69, 9.17) is 0 Å². The molecule has 1 heterocycles. The summed E-state index contributed by atoms with van der Waals surface area (Å²) in [6.45, 7) is 0.254. The molecule has 1 saturated heterocycles. The summed E-state index contributed by atoms with van der Waals surface area (Å²) in [5.74, 6) is -5.05. The largest absolute Gasteiger partial charge is 0.471 e. The van der Waals surface area contributed by atoms with Crippen LogP contribution in [0.4, 0.5) is 13.2 Å². The van der Waals surface area contributed by atoms with Crippen molar-refractivity contribution in [1.82, 2.24) is 4.90 Å². The molecule has 0 aromatic heterocycles. The number of Topliss-reactive ketones (excluding diaryl/α,β-unsaturated/α-hetero) is 1. The zero-order valence-corrected chi connectivity index (χ0v) is 8.91. The number of ether oxygens (including phenoxy) is 1. The molecule has 0 saturated carbocycles. The standard InChI is InChI=1S/C9H10F3NO4/c1-2-17-7(15)5-3-13(4-6(5)14)8(16)9(10,11)12/h5H,2-4H2,1H3. The SMILES string of the molecule is CCOC(=O)C1CN(C(=O)C(F)(F)F)CC1=O. The predicted molar refractivity (Wildman–Crippen MR) is 47.8 cm³/mol. The quantitative estimate of drug-likeness (QED) is 0.518. The van der Waals surface area contributed by atoms with Gasteiger partial charge in [0.1, 0.15) is 5.92 Å². The van der Waals surface area contributed by atoms with Crippen molar-refractivity contribution < 1.29 is 32.3 Å². The maximum atomic E-state index is 12.1. The molecule has 0 N–H and O–H groups in total. The fraction of sp³-hybridized carbons (Fsp3) is 0.667. The molecular formula is C9H10F3NO4. The molecule has 1 rings (SSSR count). The Hall–Kier alpha value is -1.60. The number of carbonyl (C=O) groups is 3. The van der Waals surface area contributed by atoms with Gasteiger partial charge in [0.15, 0.2) is 5.78 Å². The number of amides is 1. The highest BCUT2D eigenvalue weighted by Gasteiger charge is 2.48. The molecule has 1 fully saturated rings. The normalized spacial score (nSPS) is 20.6. The lowest BCUT2D eigenvalue weighted by Gasteiger charge is -2.16. The number of esters is 1. The first-order valence-corrected chi connectivity index (χ1v) is 4.82. The molecule has 8 heteroatoms. The molecule has 0 bridgehead atoms. The van der Waals surface area contributed by atoms with Crippen LogP contribution in [0.2, 0.25) is 0 Å². The van der Waals surface area contributed by atoms with Gasteiger partial charge in [-0.05, 0) is 6.92 Å². The van der Waals surface area contributed by atoms with Gasteiger partial charge < -0.3 is 9.64 Å². The summed E-state index contributed by atoms with van der Waals surface area (Å²) in [6.07, 6.45) is -5.04. The van der Waals surface area contributed by atoms with E-state index in [1.165, 1.54) is 6.92 Å². The van der Waals surface area contributed by atoms with Gasteiger partial charge in [-0.25, -0.2) is 0 Å². The molecule has 0 aromatic carbocycles. The first kappa shape index (κ1) is 13.5. The second-order valence-electron chi connectivity index (χ2n) is 3.45. The molecule has 1 atom stereocenters. The fourth-order valence-corrected chi connectivity index (χ4v) is 1.47. The highest BCUT2D eigenvalue weighted by molar-refractivity contribution is 6.04. The molecule has 1 aliphatic heterocycles. The van der Waals surface area contributed by atoms with E-state index >= 15 is 0 Å². The van der Waals surface area contributed by atoms with Crippen molar-refractivity contribution in [2.75, 3.05) is 19.7 Å². The van der Waals surface area contributed by atoms with Crippen LogP contribution >= 0.6 is 0 Å². The first-order chi connectivity index (χ1) is 7.77. The van der Waals surface area contributed by atoms with Gasteiger partial charge in [-0.15, -0.1) is 0 Å². The Kier molecular flexibility index (Phi) is 3.74. The molecular weight excluding hydrogens is 243 g/mol. The van der Waals surface area contributed by atoms with Gasteiger partial charge >= 0.3 is 18.1 Å². The van der Waals surface area contributed by atoms with Crippen LogP contribution in [0.5, 0.6) is 0 Å². The number of carbonyl (C=O) groups excluding carboxylic acids is 3. The molecule has 17 heavy (non-hydrogen) atoms. The van der Waals surface area contributed by atoms with Crippen molar-refractivity contribution in [2.24, 2.45) is 5.92 Å². The van der Waals surface area contributed by atoms with Gasteiger partial charge in [0, 0.05) is 6.54 Å². The molecule has 0 spiro atoms. The van der Waals surface area contributed by atoms with E-state index in [1.54, 1.807) is 0 Å². The van der Waals surface area contributed by atoms with Crippen LogP contribution < -0.4 is 0 Å². The van der Waals surface area contributed by atoms with Crippen LogP contribution in [0.25, 0.3) is 0 Å². The number of nitrogens with zero attached hydrogens (tertiary/aromatic N) is 1. The van der Waals surface area contributed by atoms with Crippen molar-refractivity contribution in [3.05, 3.63) is 0 Å². The lowest BCUT2D eigenvalue weighted by Crippen LogP contribution is -2.40. The summed E-state index contributed by atoms with van der Waals surface area (Å²) in [5, 5.41) is 0. The maximum absolute atomic E-state index is 12.1. The second kappa shape index (κ2) is 4.72. The van der Waals surface area contributed by atoms with Gasteiger partial charge in [0.05, 0.1) is 13.2 Å². The Morgan fingerprint density at radius 2 is 2.06 bits per heavy atom. The number of hydrogen-bond acceptors (Lipinski definition) is 4. The van der Waals surface area contributed by atoms with Crippen LogP contribution in [-0.2, 0) is 19.1 Å². The minimum Gasteiger partial charge on any atom is -0.465 e. The Bertz CT molecular complexity index is 353. The average molecular weight is 253 g/mol. The van der Waals surface area contributed by atoms with E-state index in [2.05, 4.69) is 4.74 Å². The van der Waals surface area contributed by atoms with Gasteiger partial charge in [0.25, 0.3) is 0 Å². The smallest absolute Gasteiger partial charge is 0.465 e. The third-order valence-corrected chi connectivity index (χ3v) is 2.24. The third kappa shape index (κ3) is 2.95. The van der Waals surface area contributed by atoms with E-state index < -0.39 is 42.8 Å². The minimum absolute atomic E-state index is 0.0236. The molecule has 1 aliphatic rings. The third-order valence-electron chi connectivity index (χ3n) is 2.24.